The summed E-state index contributed by atoms with van der Waals surface area (Å²) < 4.78 is 11.3. The Morgan fingerprint density at radius 2 is 1.71 bits per heavy atom. The van der Waals surface area contributed by atoms with Crippen LogP contribution in [-0.4, -0.2) is 60.6 Å². The van der Waals surface area contributed by atoms with E-state index in [1.54, 1.807) is 14.2 Å². The molecule has 2 saturated heterocycles. The molecule has 0 radical (unpaired) electrons. The molecule has 6 nitrogen and oxygen atoms in total. The third kappa shape index (κ3) is 3.56. The summed E-state index contributed by atoms with van der Waals surface area (Å²) in [4.78, 5) is 20.1. The molecule has 34 heavy (non-hydrogen) atoms. The Hall–Kier alpha value is -2.99. The summed E-state index contributed by atoms with van der Waals surface area (Å²) in [5, 5.41) is 0. The second-order valence-corrected chi connectivity index (χ2v) is 10.3. The van der Waals surface area contributed by atoms with Crippen LogP contribution < -0.4 is 9.47 Å². The first-order valence-electron chi connectivity index (χ1n) is 12.1. The second-order valence-electron chi connectivity index (χ2n) is 10.3. The summed E-state index contributed by atoms with van der Waals surface area (Å²) >= 11 is 0. The Morgan fingerprint density at radius 1 is 1.00 bits per heavy atom. The summed E-state index contributed by atoms with van der Waals surface area (Å²) in [6.45, 7) is 7.84. The zero-order chi connectivity index (χ0) is 24.1. The van der Waals surface area contributed by atoms with Crippen molar-refractivity contribution in [3.63, 3.8) is 0 Å². The van der Waals surface area contributed by atoms with Crippen molar-refractivity contribution < 1.29 is 14.3 Å². The van der Waals surface area contributed by atoms with Crippen LogP contribution in [0.25, 0.3) is 0 Å². The number of likely N-dealkylation sites (N-methyl/N-ethyl adjacent to an activating group) is 1. The van der Waals surface area contributed by atoms with Crippen LogP contribution >= 0.6 is 0 Å². The molecule has 0 aliphatic carbocycles. The molecule has 3 aliphatic rings. The summed E-state index contributed by atoms with van der Waals surface area (Å²) in [5.74, 6) is 1.56. The SMILES string of the molecule is COc1cc2c(c(OC)c1)C(C)(C)C=C1N(C2)C(=O)N(C)C12CCN(Cc1ccccc1)CC2. The number of fused-ring (bicyclic) bond motifs is 3. The normalized spacial score (nSPS) is 21.1. The predicted molar refractivity (Wildman–Crippen MR) is 133 cm³/mol. The molecule has 0 aromatic heterocycles. The van der Waals surface area contributed by atoms with Gasteiger partial charge in [0.25, 0.3) is 0 Å². The van der Waals surface area contributed by atoms with Crippen molar-refractivity contribution in [2.24, 2.45) is 0 Å². The Balaban J connectivity index is 1.49. The maximum Gasteiger partial charge on any atom is 0.325 e. The maximum absolute atomic E-state index is 13.6. The van der Waals surface area contributed by atoms with Gasteiger partial charge in [0.2, 0.25) is 0 Å². The van der Waals surface area contributed by atoms with Crippen LogP contribution in [0.15, 0.2) is 54.2 Å². The minimum atomic E-state index is -0.295. The van der Waals surface area contributed by atoms with Crippen molar-refractivity contribution in [3.05, 3.63) is 70.9 Å². The van der Waals surface area contributed by atoms with Gasteiger partial charge in [-0.05, 0) is 30.0 Å². The molecule has 0 saturated carbocycles. The minimum absolute atomic E-state index is 0.0770. The number of hydrogen-bond acceptors (Lipinski definition) is 4. The van der Waals surface area contributed by atoms with Gasteiger partial charge in [0.1, 0.15) is 11.5 Å². The Labute approximate surface area is 202 Å². The van der Waals surface area contributed by atoms with E-state index in [4.69, 9.17) is 9.47 Å². The van der Waals surface area contributed by atoms with E-state index in [0.29, 0.717) is 6.54 Å². The number of methoxy groups -OCH3 is 2. The lowest BCUT2D eigenvalue weighted by molar-refractivity contribution is 0.0998. The van der Waals surface area contributed by atoms with E-state index in [-0.39, 0.29) is 17.0 Å². The van der Waals surface area contributed by atoms with Gasteiger partial charge in [0.15, 0.2) is 0 Å². The molecule has 6 heteroatoms. The minimum Gasteiger partial charge on any atom is -0.497 e. The van der Waals surface area contributed by atoms with Crippen LogP contribution in [0.3, 0.4) is 0 Å². The van der Waals surface area contributed by atoms with Gasteiger partial charge in [-0.2, -0.15) is 0 Å². The molecule has 0 bridgehead atoms. The van der Waals surface area contributed by atoms with Gasteiger partial charge >= 0.3 is 6.03 Å². The Morgan fingerprint density at radius 3 is 2.35 bits per heavy atom. The Bertz CT molecular complexity index is 1120. The molecular formula is C28H35N3O3. The number of carbonyl (C=O) groups is 1. The van der Waals surface area contributed by atoms with E-state index < -0.39 is 0 Å². The summed E-state index contributed by atoms with van der Waals surface area (Å²) in [7, 11) is 5.34. The highest BCUT2D eigenvalue weighted by Gasteiger charge is 2.54. The van der Waals surface area contributed by atoms with Crippen LogP contribution in [0.4, 0.5) is 4.79 Å². The average Bonchev–Trinajstić information content (AvgIpc) is 2.94. The molecule has 5 rings (SSSR count). The number of hydrogen-bond donors (Lipinski definition) is 0. The second kappa shape index (κ2) is 8.35. The van der Waals surface area contributed by atoms with Gasteiger partial charge < -0.3 is 14.4 Å². The summed E-state index contributed by atoms with van der Waals surface area (Å²) in [6.07, 6.45) is 4.18. The monoisotopic (exact) mass is 461 g/mol. The highest BCUT2D eigenvalue weighted by molar-refractivity contribution is 5.83. The van der Waals surface area contributed by atoms with Crippen LogP contribution in [0.2, 0.25) is 0 Å². The molecule has 0 unspecified atom stereocenters. The fraction of sp³-hybridized carbons (Fsp3) is 0.464. The van der Waals surface area contributed by atoms with Crippen LogP contribution in [0, 0.1) is 0 Å². The topological polar surface area (TPSA) is 45.3 Å². The smallest absolute Gasteiger partial charge is 0.325 e. The highest BCUT2D eigenvalue weighted by atomic mass is 16.5. The van der Waals surface area contributed by atoms with Gasteiger partial charge in [-0.15, -0.1) is 0 Å². The number of carbonyl (C=O) groups excluding carboxylic acids is 1. The van der Waals surface area contributed by atoms with Crippen LogP contribution in [0.5, 0.6) is 11.5 Å². The Kier molecular flexibility index (Phi) is 5.59. The van der Waals surface area contributed by atoms with E-state index in [1.165, 1.54) is 5.56 Å². The van der Waals surface area contributed by atoms with E-state index in [2.05, 4.69) is 61.2 Å². The largest absolute Gasteiger partial charge is 0.497 e. The number of likely N-dealkylation sites (tertiary alicyclic amines) is 1. The van der Waals surface area contributed by atoms with Gasteiger partial charge in [0.05, 0.1) is 26.3 Å². The van der Waals surface area contributed by atoms with Gasteiger partial charge in [-0.25, -0.2) is 4.79 Å². The zero-order valence-electron chi connectivity index (χ0n) is 20.9. The number of amides is 2. The first-order valence-corrected chi connectivity index (χ1v) is 12.1. The molecule has 2 aromatic carbocycles. The van der Waals surface area contributed by atoms with Crippen molar-refractivity contribution in [1.82, 2.24) is 14.7 Å². The molecule has 2 amide bonds. The van der Waals surface area contributed by atoms with Crippen molar-refractivity contribution in [1.29, 1.82) is 0 Å². The van der Waals surface area contributed by atoms with Crippen LogP contribution in [-0.2, 0) is 18.5 Å². The molecule has 3 aliphatic heterocycles. The molecule has 2 aromatic rings. The van der Waals surface area contributed by atoms with Crippen molar-refractivity contribution >= 4 is 6.03 Å². The molecule has 1 spiro atoms. The van der Waals surface area contributed by atoms with E-state index in [1.807, 2.05) is 22.9 Å². The first kappa shape index (κ1) is 22.8. The zero-order valence-corrected chi connectivity index (χ0v) is 20.9. The number of allylic oxidation sites excluding steroid dienone is 1. The molecule has 3 heterocycles. The molecule has 180 valence electrons. The number of ether oxygens (including phenoxy) is 2. The third-order valence-corrected chi connectivity index (χ3v) is 7.94. The standard InChI is InChI=1S/C28H35N3O3/c1-27(2)17-24-28(11-13-30(14-12-28)18-20-9-7-6-8-10-20)29(3)26(32)31(24)19-21-15-22(33-4)16-23(34-5)25(21)27/h6-10,15-17H,11-14,18-19H2,1-5H3. The van der Waals surface area contributed by atoms with Crippen molar-refractivity contribution in [3.8, 4) is 11.5 Å². The average molecular weight is 462 g/mol. The number of urea groups is 1. The lowest BCUT2D eigenvalue weighted by Gasteiger charge is -2.43. The predicted octanol–water partition coefficient (Wildman–Crippen LogP) is 4.78. The molecule has 2 fully saturated rings. The molecular weight excluding hydrogens is 426 g/mol. The van der Waals surface area contributed by atoms with Gasteiger partial charge in [0, 0.05) is 49.4 Å². The van der Waals surface area contributed by atoms with Crippen molar-refractivity contribution in [2.45, 2.75) is 50.7 Å². The third-order valence-electron chi connectivity index (χ3n) is 7.94. The lowest BCUT2D eigenvalue weighted by Crippen LogP contribution is -2.52. The maximum atomic E-state index is 13.6. The summed E-state index contributed by atoms with van der Waals surface area (Å²) in [5.41, 5.74) is 4.11. The first-order chi connectivity index (χ1) is 16.3. The highest BCUT2D eigenvalue weighted by Crippen LogP contribution is 2.50. The molecule has 0 N–H and O–H groups in total. The molecule has 0 atom stereocenters. The van der Waals surface area contributed by atoms with Gasteiger partial charge in [-0.1, -0.05) is 50.3 Å². The summed E-state index contributed by atoms with van der Waals surface area (Å²) in [6, 6.07) is 14.7. The van der Waals surface area contributed by atoms with Crippen molar-refractivity contribution in [2.75, 3.05) is 34.4 Å². The number of rotatable bonds is 4. The quantitative estimate of drug-likeness (QED) is 0.657. The van der Waals surface area contributed by atoms with E-state index in [0.717, 1.165) is 60.8 Å². The van der Waals surface area contributed by atoms with E-state index >= 15 is 0 Å². The number of nitrogens with zero attached hydrogens (tertiary/aromatic N) is 3. The lowest BCUT2D eigenvalue weighted by atomic mass is 9.77. The van der Waals surface area contributed by atoms with Crippen LogP contribution in [0.1, 0.15) is 43.4 Å². The van der Waals surface area contributed by atoms with Gasteiger partial charge in [-0.3, -0.25) is 9.80 Å². The van der Waals surface area contributed by atoms with E-state index in [9.17, 15) is 4.79 Å². The fourth-order valence-corrected chi connectivity index (χ4v) is 6.13. The fourth-order valence-electron chi connectivity index (χ4n) is 6.13. The number of benzene rings is 2. The number of piperidine rings is 1.